The summed E-state index contributed by atoms with van der Waals surface area (Å²) in [5.74, 6) is 0. The summed E-state index contributed by atoms with van der Waals surface area (Å²) in [5, 5.41) is 8.94. The smallest absolute Gasteiger partial charge is 0.396 e. The van der Waals surface area contributed by atoms with Crippen LogP contribution in [0, 0.1) is 5.41 Å². The molecule has 1 aromatic rings. The van der Waals surface area contributed by atoms with Gasteiger partial charge in [-0.25, -0.2) is 0 Å². The van der Waals surface area contributed by atoms with Crippen LogP contribution in [-0.4, -0.2) is 34.7 Å². The first-order chi connectivity index (χ1) is 9.63. The van der Waals surface area contributed by atoms with Crippen molar-refractivity contribution in [1.29, 1.82) is 0 Å². The van der Waals surface area contributed by atoms with Crippen LogP contribution in [0.5, 0.6) is 0 Å². The van der Waals surface area contributed by atoms with Gasteiger partial charge in [0, 0.05) is 32.4 Å². The van der Waals surface area contributed by atoms with Gasteiger partial charge in [-0.05, 0) is 24.0 Å². The molecule has 3 nitrogen and oxygen atoms in total. The first-order valence-corrected chi connectivity index (χ1v) is 6.98. The predicted molar refractivity (Wildman–Crippen MR) is 75.7 cm³/mol. The van der Waals surface area contributed by atoms with E-state index < -0.39 is 11.7 Å². The zero-order valence-electron chi connectivity index (χ0n) is 12.7. The molecule has 0 bridgehead atoms. The third-order valence-corrected chi connectivity index (χ3v) is 2.90. The van der Waals surface area contributed by atoms with Crippen LogP contribution in [0.4, 0.5) is 13.2 Å². The number of halogens is 3. The van der Waals surface area contributed by atoms with Crippen LogP contribution in [0.3, 0.4) is 0 Å². The van der Waals surface area contributed by atoms with Crippen molar-refractivity contribution >= 4 is 0 Å². The van der Waals surface area contributed by atoms with E-state index in [1.807, 2.05) is 25.7 Å². The number of pyridine rings is 1. The molecule has 1 N–H and O–H groups in total. The van der Waals surface area contributed by atoms with E-state index in [1.165, 1.54) is 12.3 Å². The molecule has 0 aliphatic carbocycles. The molecule has 0 spiro atoms. The number of nitrogens with zero attached hydrogens (tertiary/aromatic N) is 2. The van der Waals surface area contributed by atoms with Crippen LogP contribution in [-0.2, 0) is 12.7 Å². The van der Waals surface area contributed by atoms with Crippen molar-refractivity contribution in [3.05, 3.63) is 29.6 Å². The summed E-state index contributed by atoms with van der Waals surface area (Å²) in [7, 11) is 0. The fourth-order valence-corrected chi connectivity index (χ4v) is 2.21. The van der Waals surface area contributed by atoms with Crippen LogP contribution in [0.2, 0.25) is 0 Å². The zero-order valence-corrected chi connectivity index (χ0v) is 12.7. The largest absolute Gasteiger partial charge is 0.418 e. The molecule has 0 amide bonds. The third-order valence-electron chi connectivity index (χ3n) is 2.90. The number of hydrogen-bond acceptors (Lipinski definition) is 3. The molecule has 0 aliphatic heterocycles. The van der Waals surface area contributed by atoms with Gasteiger partial charge in [0.25, 0.3) is 0 Å². The van der Waals surface area contributed by atoms with E-state index in [9.17, 15) is 13.2 Å². The molecule has 6 heteroatoms. The van der Waals surface area contributed by atoms with E-state index in [-0.39, 0.29) is 24.3 Å². The maximum absolute atomic E-state index is 13.0. The SMILES string of the molecule is CC(C)(C)CN(CCCO)Cc1ncccc1C(F)(F)F. The summed E-state index contributed by atoms with van der Waals surface area (Å²) in [6.45, 7) is 7.43. The van der Waals surface area contributed by atoms with E-state index in [1.54, 1.807) is 0 Å². The second-order valence-corrected chi connectivity index (χ2v) is 6.34. The Bertz CT molecular complexity index is 441. The van der Waals surface area contributed by atoms with Crippen LogP contribution < -0.4 is 0 Å². The highest BCUT2D eigenvalue weighted by molar-refractivity contribution is 5.22. The summed E-state index contributed by atoms with van der Waals surface area (Å²) in [6, 6.07) is 2.36. The summed E-state index contributed by atoms with van der Waals surface area (Å²) in [5.41, 5.74) is -0.692. The molecule has 0 aliphatic rings. The van der Waals surface area contributed by atoms with Gasteiger partial charge < -0.3 is 5.11 Å². The van der Waals surface area contributed by atoms with Gasteiger partial charge in [-0.15, -0.1) is 0 Å². The molecule has 0 fully saturated rings. The molecule has 1 heterocycles. The second kappa shape index (κ2) is 7.22. The summed E-state index contributed by atoms with van der Waals surface area (Å²) in [4.78, 5) is 5.81. The molecule has 0 aromatic carbocycles. The van der Waals surface area contributed by atoms with Crippen molar-refractivity contribution in [3.63, 3.8) is 0 Å². The van der Waals surface area contributed by atoms with E-state index >= 15 is 0 Å². The highest BCUT2D eigenvalue weighted by Crippen LogP contribution is 2.31. The van der Waals surface area contributed by atoms with Crippen LogP contribution in [0.15, 0.2) is 18.3 Å². The monoisotopic (exact) mass is 304 g/mol. The first kappa shape index (κ1) is 17.9. The molecule has 0 unspecified atom stereocenters. The fourth-order valence-electron chi connectivity index (χ4n) is 2.21. The molecule has 1 rings (SSSR count). The molecular formula is C15H23F3N2O. The standard InChI is InChI=1S/C15H23F3N2O/c1-14(2,3)11-20(8-5-9-21)10-13-12(15(16,17)18)6-4-7-19-13/h4,6-7,21H,5,8-11H2,1-3H3. The average Bonchev–Trinajstić information content (AvgIpc) is 2.33. The molecule has 0 saturated heterocycles. The van der Waals surface area contributed by atoms with Gasteiger partial charge in [0.2, 0.25) is 0 Å². The van der Waals surface area contributed by atoms with Crippen molar-refractivity contribution < 1.29 is 18.3 Å². The number of alkyl halides is 3. The van der Waals surface area contributed by atoms with Gasteiger partial charge in [0.1, 0.15) is 0 Å². The Kier molecular flexibility index (Phi) is 6.16. The number of aliphatic hydroxyl groups excluding tert-OH is 1. The maximum atomic E-state index is 13.0. The van der Waals surface area contributed by atoms with Crippen molar-refractivity contribution in [3.8, 4) is 0 Å². The van der Waals surface area contributed by atoms with Gasteiger partial charge in [0.05, 0.1) is 11.3 Å². The lowest BCUT2D eigenvalue weighted by atomic mass is 9.95. The van der Waals surface area contributed by atoms with Gasteiger partial charge in [-0.3, -0.25) is 9.88 Å². The van der Waals surface area contributed by atoms with Crippen LogP contribution in [0.25, 0.3) is 0 Å². The quantitative estimate of drug-likeness (QED) is 0.876. The topological polar surface area (TPSA) is 36.4 Å². The van der Waals surface area contributed by atoms with Crippen molar-refractivity contribution in [2.75, 3.05) is 19.7 Å². The minimum Gasteiger partial charge on any atom is -0.396 e. The average molecular weight is 304 g/mol. The van der Waals surface area contributed by atoms with Crippen molar-refractivity contribution in [2.24, 2.45) is 5.41 Å². The Morgan fingerprint density at radius 1 is 1.24 bits per heavy atom. The van der Waals surface area contributed by atoms with E-state index in [2.05, 4.69) is 4.98 Å². The molecule has 21 heavy (non-hydrogen) atoms. The second-order valence-electron chi connectivity index (χ2n) is 6.34. The Morgan fingerprint density at radius 2 is 1.90 bits per heavy atom. The lowest BCUT2D eigenvalue weighted by Crippen LogP contribution is -2.34. The summed E-state index contributed by atoms with van der Waals surface area (Å²) in [6.07, 6.45) is -2.48. The van der Waals surface area contributed by atoms with E-state index in [0.717, 1.165) is 6.07 Å². The third kappa shape index (κ3) is 6.44. The van der Waals surface area contributed by atoms with E-state index in [4.69, 9.17) is 5.11 Å². The summed E-state index contributed by atoms with van der Waals surface area (Å²) >= 11 is 0. The van der Waals surface area contributed by atoms with Crippen LogP contribution >= 0.6 is 0 Å². The highest BCUT2D eigenvalue weighted by Gasteiger charge is 2.34. The predicted octanol–water partition coefficient (Wildman–Crippen LogP) is 3.33. The molecular weight excluding hydrogens is 281 g/mol. The first-order valence-electron chi connectivity index (χ1n) is 6.98. The Labute approximate surface area is 123 Å². The van der Waals surface area contributed by atoms with Gasteiger partial charge in [0.15, 0.2) is 0 Å². The number of aromatic nitrogens is 1. The molecule has 0 radical (unpaired) electrons. The number of aliphatic hydroxyl groups is 1. The van der Waals surface area contributed by atoms with E-state index in [0.29, 0.717) is 19.5 Å². The molecule has 120 valence electrons. The van der Waals surface area contributed by atoms with Gasteiger partial charge >= 0.3 is 6.18 Å². The minimum absolute atomic E-state index is 0.0228. The highest BCUT2D eigenvalue weighted by atomic mass is 19.4. The normalized spacial score (nSPS) is 13.0. The Balaban J connectivity index is 2.93. The fraction of sp³-hybridized carbons (Fsp3) is 0.667. The minimum atomic E-state index is -4.39. The Morgan fingerprint density at radius 3 is 2.43 bits per heavy atom. The Hall–Kier alpha value is -1.14. The molecule has 0 saturated carbocycles. The van der Waals surface area contributed by atoms with Crippen molar-refractivity contribution in [1.82, 2.24) is 9.88 Å². The molecule has 1 aromatic heterocycles. The van der Waals surface area contributed by atoms with Gasteiger partial charge in [-0.2, -0.15) is 13.2 Å². The lowest BCUT2D eigenvalue weighted by molar-refractivity contribution is -0.138. The molecule has 0 atom stereocenters. The maximum Gasteiger partial charge on any atom is 0.418 e. The van der Waals surface area contributed by atoms with Crippen LogP contribution in [0.1, 0.15) is 38.4 Å². The number of rotatable bonds is 6. The number of hydrogen-bond donors (Lipinski definition) is 1. The van der Waals surface area contributed by atoms with Crippen molar-refractivity contribution in [2.45, 2.75) is 39.9 Å². The zero-order chi connectivity index (χ0) is 16.1. The summed E-state index contributed by atoms with van der Waals surface area (Å²) < 4.78 is 39.0. The van der Waals surface area contributed by atoms with Gasteiger partial charge in [-0.1, -0.05) is 20.8 Å². The lowest BCUT2D eigenvalue weighted by Gasteiger charge is -2.30.